The third-order valence-corrected chi connectivity index (χ3v) is 8.69. The zero-order chi connectivity index (χ0) is 33.5. The van der Waals surface area contributed by atoms with Gasteiger partial charge in [0.25, 0.3) is 5.69 Å². The van der Waals surface area contributed by atoms with Crippen LogP contribution in [0.25, 0.3) is 0 Å². The van der Waals surface area contributed by atoms with Gasteiger partial charge in [0.2, 0.25) is 5.75 Å². The molecule has 0 bridgehead atoms. The van der Waals surface area contributed by atoms with Gasteiger partial charge in [0.15, 0.2) is 23.1 Å². The number of carbonyl (C=O) groups is 2. The fourth-order valence-electron chi connectivity index (χ4n) is 6.54. The zero-order valence-electron chi connectivity index (χ0n) is 26.9. The SMILES string of the molecule is COc1ccc(C(=O)C2C(=N)N(c3cc([N+](=O)[O-])ccc3C)C3=C(C(=O)CC(C)(C)C3)C2c2cc(OC)c(OC)c(OC)c2)cc1. The third kappa shape index (κ3) is 5.57. The summed E-state index contributed by atoms with van der Waals surface area (Å²) in [5.74, 6) is -1.20. The van der Waals surface area contributed by atoms with Crippen LogP contribution >= 0.6 is 0 Å². The van der Waals surface area contributed by atoms with Gasteiger partial charge in [-0.25, -0.2) is 0 Å². The maximum absolute atomic E-state index is 14.6. The van der Waals surface area contributed by atoms with Crippen molar-refractivity contribution in [1.82, 2.24) is 0 Å². The first-order valence-electron chi connectivity index (χ1n) is 14.7. The summed E-state index contributed by atoms with van der Waals surface area (Å²) in [5, 5.41) is 21.6. The molecule has 1 aliphatic carbocycles. The Morgan fingerprint density at radius 3 is 2.11 bits per heavy atom. The van der Waals surface area contributed by atoms with Gasteiger partial charge in [0.05, 0.1) is 45.0 Å². The fraction of sp³-hybridized carbons (Fsp3) is 0.343. The Hall–Kier alpha value is -5.19. The molecule has 2 aliphatic rings. The van der Waals surface area contributed by atoms with E-state index >= 15 is 0 Å². The van der Waals surface area contributed by atoms with E-state index in [2.05, 4.69) is 0 Å². The van der Waals surface area contributed by atoms with E-state index in [0.717, 1.165) is 0 Å². The van der Waals surface area contributed by atoms with Crippen LogP contribution in [0.2, 0.25) is 0 Å². The number of nitro benzene ring substituents is 1. The van der Waals surface area contributed by atoms with Crippen molar-refractivity contribution in [1.29, 1.82) is 5.41 Å². The number of rotatable bonds is 9. The molecule has 0 radical (unpaired) electrons. The lowest BCUT2D eigenvalue weighted by Crippen LogP contribution is -2.50. The van der Waals surface area contributed by atoms with Gasteiger partial charge in [-0.15, -0.1) is 0 Å². The molecule has 46 heavy (non-hydrogen) atoms. The van der Waals surface area contributed by atoms with Gasteiger partial charge in [-0.1, -0.05) is 19.9 Å². The Kier molecular flexibility index (Phi) is 8.62. The quantitative estimate of drug-likeness (QED) is 0.157. The molecular weight excluding hydrogens is 590 g/mol. The van der Waals surface area contributed by atoms with Crippen molar-refractivity contribution < 1.29 is 33.5 Å². The lowest BCUT2D eigenvalue weighted by Gasteiger charge is -2.47. The lowest BCUT2D eigenvalue weighted by atomic mass is 9.65. The number of hydrogen-bond acceptors (Lipinski definition) is 9. The van der Waals surface area contributed by atoms with Gasteiger partial charge < -0.3 is 23.8 Å². The Morgan fingerprint density at radius 1 is 0.935 bits per heavy atom. The number of nitro groups is 1. The normalized spacial score (nSPS) is 19.0. The van der Waals surface area contributed by atoms with Crippen LogP contribution in [0.4, 0.5) is 11.4 Å². The van der Waals surface area contributed by atoms with E-state index in [9.17, 15) is 25.1 Å². The van der Waals surface area contributed by atoms with E-state index < -0.39 is 28.0 Å². The summed E-state index contributed by atoms with van der Waals surface area (Å²) in [5.41, 5.74) is 2.14. The Bertz CT molecular complexity index is 1750. The summed E-state index contributed by atoms with van der Waals surface area (Å²) < 4.78 is 22.1. The highest BCUT2D eigenvalue weighted by Crippen LogP contribution is 2.53. The predicted octanol–water partition coefficient (Wildman–Crippen LogP) is 6.66. The minimum atomic E-state index is -1.20. The number of anilines is 1. The van der Waals surface area contributed by atoms with Gasteiger partial charge in [0, 0.05) is 41.3 Å². The van der Waals surface area contributed by atoms with Crippen LogP contribution in [0.15, 0.2) is 65.9 Å². The van der Waals surface area contributed by atoms with Gasteiger partial charge in [0.1, 0.15) is 11.6 Å². The molecule has 0 spiro atoms. The molecule has 0 fully saturated rings. The van der Waals surface area contributed by atoms with E-state index in [4.69, 9.17) is 18.9 Å². The molecule has 1 N–H and O–H groups in total. The maximum Gasteiger partial charge on any atom is 0.271 e. The molecule has 11 nitrogen and oxygen atoms in total. The first-order valence-corrected chi connectivity index (χ1v) is 14.7. The monoisotopic (exact) mass is 627 g/mol. The summed E-state index contributed by atoms with van der Waals surface area (Å²) >= 11 is 0. The predicted molar refractivity (Wildman–Crippen MR) is 173 cm³/mol. The molecule has 11 heteroatoms. The first kappa shape index (κ1) is 32.2. The number of Topliss-reactive ketones (excluding diaryl/α,β-unsaturated/α-hetero) is 2. The van der Waals surface area contributed by atoms with Crippen LogP contribution in [-0.2, 0) is 4.79 Å². The molecular formula is C35H37N3O8. The van der Waals surface area contributed by atoms with Crippen molar-refractivity contribution in [3.05, 3.63) is 92.7 Å². The highest BCUT2D eigenvalue weighted by atomic mass is 16.6. The standard InChI is InChI=1S/C35H37N3O8/c1-19-8-11-22(38(41)42)16-24(19)37-25-17-35(2,3)18-26(39)30(25)29(21-14-27(44-5)33(46-7)28(15-21)45-6)31(34(37)36)32(40)20-9-12-23(43-4)13-10-20/h8-16,29,31,36H,17-18H2,1-7H3. The average molecular weight is 628 g/mol. The van der Waals surface area contributed by atoms with Crippen LogP contribution in [0.1, 0.15) is 54.1 Å². The molecule has 5 rings (SSSR count). The Balaban J connectivity index is 1.86. The minimum Gasteiger partial charge on any atom is -0.497 e. The summed E-state index contributed by atoms with van der Waals surface area (Å²) in [4.78, 5) is 41.9. The maximum atomic E-state index is 14.6. The number of methoxy groups -OCH3 is 4. The van der Waals surface area contributed by atoms with Crippen LogP contribution in [0.3, 0.4) is 0 Å². The first-order chi connectivity index (χ1) is 21.8. The number of nitrogens with zero attached hydrogens (tertiary/aromatic N) is 2. The van der Waals surface area contributed by atoms with E-state index in [-0.39, 0.29) is 23.7 Å². The molecule has 240 valence electrons. The highest BCUT2D eigenvalue weighted by Gasteiger charge is 2.51. The van der Waals surface area contributed by atoms with Crippen LogP contribution in [-0.4, -0.2) is 50.8 Å². The van der Waals surface area contributed by atoms with Crippen LogP contribution < -0.4 is 23.8 Å². The molecule has 0 saturated carbocycles. The second-order valence-electron chi connectivity index (χ2n) is 12.3. The van der Waals surface area contributed by atoms with Gasteiger partial charge >= 0.3 is 0 Å². The van der Waals surface area contributed by atoms with Crippen molar-refractivity contribution in [2.45, 2.75) is 39.5 Å². The molecule has 3 aromatic carbocycles. The summed E-state index contributed by atoms with van der Waals surface area (Å²) in [6, 6.07) is 14.4. The minimum absolute atomic E-state index is 0.104. The molecule has 2 atom stereocenters. The second-order valence-corrected chi connectivity index (χ2v) is 12.3. The van der Waals surface area contributed by atoms with Crippen molar-refractivity contribution >= 4 is 28.8 Å². The highest BCUT2D eigenvalue weighted by molar-refractivity contribution is 6.21. The number of ether oxygens (including phenoxy) is 4. The van der Waals surface area contributed by atoms with Crippen molar-refractivity contribution in [3.8, 4) is 23.0 Å². The lowest BCUT2D eigenvalue weighted by molar-refractivity contribution is -0.384. The number of amidine groups is 1. The summed E-state index contributed by atoms with van der Waals surface area (Å²) in [6.07, 6.45) is 0.605. The molecule has 1 heterocycles. The number of aryl methyl sites for hydroxylation is 1. The van der Waals surface area contributed by atoms with E-state index in [1.807, 2.05) is 13.8 Å². The van der Waals surface area contributed by atoms with Crippen LogP contribution in [0, 0.1) is 33.8 Å². The van der Waals surface area contributed by atoms with Gasteiger partial charge in [-0.3, -0.25) is 25.1 Å². The molecule has 0 saturated heterocycles. The zero-order valence-corrected chi connectivity index (χ0v) is 26.9. The number of allylic oxidation sites excluding steroid dienone is 2. The number of benzene rings is 3. The topological polar surface area (TPSA) is 141 Å². The Labute approximate surface area is 267 Å². The number of non-ortho nitro benzene ring substituents is 1. The summed E-state index contributed by atoms with van der Waals surface area (Å²) in [6.45, 7) is 5.73. The van der Waals surface area contributed by atoms with E-state index in [1.165, 1.54) is 40.6 Å². The third-order valence-electron chi connectivity index (χ3n) is 8.69. The molecule has 2 unspecified atom stereocenters. The van der Waals surface area contributed by atoms with Crippen molar-refractivity contribution in [3.63, 3.8) is 0 Å². The largest absolute Gasteiger partial charge is 0.497 e. The summed E-state index contributed by atoms with van der Waals surface area (Å²) in [7, 11) is 5.97. The number of nitrogens with one attached hydrogen (secondary N) is 1. The van der Waals surface area contributed by atoms with Crippen LogP contribution in [0.5, 0.6) is 23.0 Å². The average Bonchev–Trinajstić information content (AvgIpc) is 3.03. The fourth-order valence-corrected chi connectivity index (χ4v) is 6.54. The smallest absolute Gasteiger partial charge is 0.271 e. The number of hydrogen-bond donors (Lipinski definition) is 1. The van der Waals surface area contributed by atoms with E-state index in [0.29, 0.717) is 63.1 Å². The van der Waals surface area contributed by atoms with Crippen molar-refractivity contribution in [2.75, 3.05) is 33.3 Å². The molecule has 0 aromatic heterocycles. The molecule has 0 amide bonds. The number of ketones is 2. The molecule has 1 aliphatic heterocycles. The van der Waals surface area contributed by atoms with E-state index in [1.54, 1.807) is 54.3 Å². The second kappa shape index (κ2) is 12.3. The number of carbonyl (C=O) groups excluding carboxylic acids is 2. The van der Waals surface area contributed by atoms with Crippen molar-refractivity contribution in [2.24, 2.45) is 11.3 Å². The Morgan fingerprint density at radius 2 is 1.57 bits per heavy atom. The molecule has 3 aromatic rings. The van der Waals surface area contributed by atoms with Gasteiger partial charge in [-0.05, 0) is 66.3 Å². The van der Waals surface area contributed by atoms with Gasteiger partial charge in [-0.2, -0.15) is 0 Å².